The van der Waals surface area contributed by atoms with E-state index in [0.717, 1.165) is 20.8 Å². The Kier molecular flexibility index (Phi) is 5.19. The van der Waals surface area contributed by atoms with E-state index in [2.05, 4.69) is 15.3 Å². The van der Waals surface area contributed by atoms with Crippen LogP contribution in [-0.2, 0) is 9.59 Å². The molecule has 1 aliphatic heterocycles. The molecule has 9 heteroatoms. The quantitative estimate of drug-likeness (QED) is 0.518. The average molecular weight is 415 g/mol. The molecule has 1 aromatic carbocycles. The number of thiophene rings is 1. The molecule has 1 atom stereocenters. The average Bonchev–Trinajstić information content (AvgIpc) is 3.00. The number of ether oxygens (including phenoxy) is 2. The number of hydrogen-bond donors (Lipinski definition) is 1. The van der Waals surface area contributed by atoms with E-state index in [1.807, 2.05) is 19.9 Å². The Hall–Kier alpha value is -2.65. The van der Waals surface area contributed by atoms with Gasteiger partial charge in [-0.05, 0) is 31.5 Å². The van der Waals surface area contributed by atoms with E-state index in [9.17, 15) is 9.59 Å². The number of amides is 2. The third-order valence-electron chi connectivity index (χ3n) is 4.33. The topological polar surface area (TPSA) is 90.4 Å². The number of rotatable bonds is 4. The predicted molar refractivity (Wildman–Crippen MR) is 107 cm³/mol. The Bertz CT molecular complexity index is 1070. The lowest BCUT2D eigenvalue weighted by Gasteiger charge is -2.25. The number of imide groups is 1. The van der Waals surface area contributed by atoms with Crippen molar-refractivity contribution >= 4 is 45.1 Å². The Balaban J connectivity index is 1.37. The van der Waals surface area contributed by atoms with Gasteiger partial charge in [0, 0.05) is 10.3 Å². The number of nitrogens with one attached hydrogen (secondary N) is 1. The van der Waals surface area contributed by atoms with Crippen molar-refractivity contribution in [3.8, 4) is 11.5 Å². The van der Waals surface area contributed by atoms with Crippen LogP contribution in [0.5, 0.6) is 11.5 Å². The maximum atomic E-state index is 12.3. The first-order chi connectivity index (χ1) is 13.5. The van der Waals surface area contributed by atoms with Gasteiger partial charge in [-0.3, -0.25) is 14.9 Å². The SMILES string of the molecule is Cc1sc2ncnc(SCC(=O)NC(=O)[C@H]3COc4ccccc4O3)c2c1C. The summed E-state index contributed by atoms with van der Waals surface area (Å²) >= 11 is 2.88. The van der Waals surface area contributed by atoms with Gasteiger partial charge in [0.1, 0.15) is 22.8 Å². The normalized spacial score (nSPS) is 15.4. The summed E-state index contributed by atoms with van der Waals surface area (Å²) in [4.78, 5) is 35.2. The molecule has 0 unspecified atom stereocenters. The van der Waals surface area contributed by atoms with Crippen LogP contribution in [0.15, 0.2) is 35.6 Å². The van der Waals surface area contributed by atoms with E-state index in [4.69, 9.17) is 9.47 Å². The minimum atomic E-state index is -0.864. The molecule has 0 spiro atoms. The summed E-state index contributed by atoms with van der Waals surface area (Å²) in [6, 6.07) is 7.10. The second-order valence-electron chi connectivity index (χ2n) is 6.21. The van der Waals surface area contributed by atoms with E-state index in [0.29, 0.717) is 11.5 Å². The fourth-order valence-electron chi connectivity index (χ4n) is 2.80. The zero-order valence-electron chi connectivity index (χ0n) is 15.2. The highest BCUT2D eigenvalue weighted by atomic mass is 32.2. The second-order valence-corrected chi connectivity index (χ2v) is 8.37. The lowest BCUT2D eigenvalue weighted by atomic mass is 10.2. The molecule has 4 rings (SSSR count). The second kappa shape index (κ2) is 7.76. The molecule has 144 valence electrons. The van der Waals surface area contributed by atoms with Crippen LogP contribution in [0.2, 0.25) is 0 Å². The van der Waals surface area contributed by atoms with Gasteiger partial charge in [0.2, 0.25) is 12.0 Å². The molecule has 3 aromatic rings. The summed E-state index contributed by atoms with van der Waals surface area (Å²) in [5.41, 5.74) is 1.12. The number of aryl methyl sites for hydroxylation is 2. The van der Waals surface area contributed by atoms with E-state index in [1.54, 1.807) is 29.5 Å². The number of nitrogens with zero attached hydrogens (tertiary/aromatic N) is 2. The first-order valence-corrected chi connectivity index (χ1v) is 10.4. The number of thioether (sulfide) groups is 1. The zero-order chi connectivity index (χ0) is 19.7. The summed E-state index contributed by atoms with van der Waals surface area (Å²) in [5, 5.41) is 4.08. The van der Waals surface area contributed by atoms with Gasteiger partial charge in [-0.25, -0.2) is 9.97 Å². The molecule has 28 heavy (non-hydrogen) atoms. The van der Waals surface area contributed by atoms with Crippen LogP contribution in [-0.4, -0.2) is 40.2 Å². The third kappa shape index (κ3) is 3.67. The highest BCUT2D eigenvalue weighted by molar-refractivity contribution is 8.00. The molecule has 1 aliphatic rings. The molecular formula is C19H17N3O4S2. The van der Waals surface area contributed by atoms with Gasteiger partial charge in [0.15, 0.2) is 11.5 Å². The standard InChI is InChI=1S/C19H17N3O4S2/c1-10-11(2)28-19-16(10)18(20-9-21-19)27-8-15(23)22-17(24)14-7-25-12-5-3-4-6-13(12)26-14/h3-6,9,14H,7-8H2,1-2H3,(H,22,23,24)/t14-/m1/s1. The van der Waals surface area contributed by atoms with Crippen LogP contribution in [0.4, 0.5) is 0 Å². The van der Waals surface area contributed by atoms with Crippen molar-refractivity contribution in [3.63, 3.8) is 0 Å². The minimum Gasteiger partial charge on any atom is -0.485 e. The minimum absolute atomic E-state index is 0.0587. The van der Waals surface area contributed by atoms with Crippen LogP contribution < -0.4 is 14.8 Å². The number of carbonyl (C=O) groups excluding carboxylic acids is 2. The van der Waals surface area contributed by atoms with Gasteiger partial charge in [-0.1, -0.05) is 23.9 Å². The summed E-state index contributed by atoms with van der Waals surface area (Å²) < 4.78 is 11.1. The number of aromatic nitrogens is 2. The van der Waals surface area contributed by atoms with Gasteiger partial charge >= 0.3 is 0 Å². The van der Waals surface area contributed by atoms with Crippen molar-refractivity contribution in [2.75, 3.05) is 12.4 Å². The van der Waals surface area contributed by atoms with Crippen molar-refractivity contribution in [1.29, 1.82) is 0 Å². The maximum absolute atomic E-state index is 12.3. The molecule has 0 fully saturated rings. The van der Waals surface area contributed by atoms with Crippen LogP contribution in [0.25, 0.3) is 10.2 Å². The fourth-order valence-corrected chi connectivity index (χ4v) is 4.71. The van der Waals surface area contributed by atoms with Gasteiger partial charge in [-0.2, -0.15) is 0 Å². The van der Waals surface area contributed by atoms with Gasteiger partial charge in [0.05, 0.1) is 5.75 Å². The lowest BCUT2D eigenvalue weighted by Crippen LogP contribution is -2.46. The van der Waals surface area contributed by atoms with Crippen LogP contribution in [0, 0.1) is 13.8 Å². The van der Waals surface area contributed by atoms with Crippen molar-refractivity contribution in [2.45, 2.75) is 25.0 Å². The smallest absolute Gasteiger partial charge is 0.271 e. The van der Waals surface area contributed by atoms with E-state index >= 15 is 0 Å². The summed E-state index contributed by atoms with van der Waals surface area (Å²) in [5.74, 6) is 0.213. The largest absolute Gasteiger partial charge is 0.485 e. The van der Waals surface area contributed by atoms with E-state index in [1.165, 1.54) is 23.0 Å². The molecule has 3 heterocycles. The van der Waals surface area contributed by atoms with Crippen molar-refractivity contribution in [3.05, 3.63) is 41.0 Å². The van der Waals surface area contributed by atoms with Gasteiger partial charge < -0.3 is 9.47 Å². The Morgan fingerprint density at radius 2 is 2.04 bits per heavy atom. The van der Waals surface area contributed by atoms with Crippen LogP contribution >= 0.6 is 23.1 Å². The number of para-hydroxylation sites is 2. The molecule has 0 aliphatic carbocycles. The van der Waals surface area contributed by atoms with Gasteiger partial charge in [-0.15, -0.1) is 11.3 Å². The summed E-state index contributed by atoms with van der Waals surface area (Å²) in [6.45, 7) is 4.11. The first kappa shape index (κ1) is 18.7. The third-order valence-corrected chi connectivity index (χ3v) is 6.44. The lowest BCUT2D eigenvalue weighted by molar-refractivity contribution is -0.135. The highest BCUT2D eigenvalue weighted by Gasteiger charge is 2.28. The highest BCUT2D eigenvalue weighted by Crippen LogP contribution is 2.34. The molecular weight excluding hydrogens is 398 g/mol. The molecule has 0 saturated heterocycles. The van der Waals surface area contributed by atoms with Crippen molar-refractivity contribution in [1.82, 2.24) is 15.3 Å². The maximum Gasteiger partial charge on any atom is 0.271 e. The number of carbonyl (C=O) groups is 2. The van der Waals surface area contributed by atoms with E-state index < -0.39 is 17.9 Å². The zero-order valence-corrected chi connectivity index (χ0v) is 16.9. The molecule has 2 aromatic heterocycles. The molecule has 0 radical (unpaired) electrons. The summed E-state index contributed by atoms with van der Waals surface area (Å²) in [6.07, 6.45) is 0.629. The van der Waals surface area contributed by atoms with Crippen LogP contribution in [0.1, 0.15) is 10.4 Å². The van der Waals surface area contributed by atoms with Crippen molar-refractivity contribution < 1.29 is 19.1 Å². The number of fused-ring (bicyclic) bond motifs is 2. The first-order valence-electron chi connectivity index (χ1n) is 8.58. The monoisotopic (exact) mass is 415 g/mol. The fraction of sp³-hybridized carbons (Fsp3) is 0.263. The van der Waals surface area contributed by atoms with E-state index in [-0.39, 0.29) is 12.4 Å². The van der Waals surface area contributed by atoms with Crippen molar-refractivity contribution in [2.24, 2.45) is 0 Å². The summed E-state index contributed by atoms with van der Waals surface area (Å²) in [7, 11) is 0. The number of hydrogen-bond acceptors (Lipinski definition) is 8. The Morgan fingerprint density at radius 1 is 1.25 bits per heavy atom. The number of benzene rings is 1. The molecule has 2 amide bonds. The van der Waals surface area contributed by atoms with Crippen LogP contribution in [0.3, 0.4) is 0 Å². The van der Waals surface area contributed by atoms with Gasteiger partial charge in [0.25, 0.3) is 5.91 Å². The molecule has 7 nitrogen and oxygen atoms in total. The Morgan fingerprint density at radius 3 is 2.86 bits per heavy atom. The molecule has 1 N–H and O–H groups in total. The Labute approximate surface area is 169 Å². The molecule has 0 saturated carbocycles. The predicted octanol–water partition coefficient (Wildman–Crippen LogP) is 2.88. The molecule has 0 bridgehead atoms.